The molecule has 13 heavy (non-hydrogen) atoms. The number of carbonyl (C=O) groups excluding carboxylic acids is 1. The first-order chi connectivity index (χ1) is 6.15. The Labute approximate surface area is 81.3 Å². The van der Waals surface area contributed by atoms with Crippen molar-refractivity contribution in [3.05, 3.63) is 0 Å². The Hall–Kier alpha value is -0.370. The lowest BCUT2D eigenvalue weighted by molar-refractivity contribution is -0.122. The van der Waals surface area contributed by atoms with E-state index in [0.717, 1.165) is 13.0 Å². The van der Waals surface area contributed by atoms with Gasteiger partial charge in [-0.3, -0.25) is 9.69 Å². The van der Waals surface area contributed by atoms with E-state index in [1.807, 2.05) is 0 Å². The summed E-state index contributed by atoms with van der Waals surface area (Å²) in [4.78, 5) is 13.7. The minimum atomic E-state index is 0.308. The van der Waals surface area contributed by atoms with E-state index < -0.39 is 0 Å². The van der Waals surface area contributed by atoms with Gasteiger partial charge >= 0.3 is 0 Å². The van der Waals surface area contributed by atoms with Crippen molar-refractivity contribution in [2.24, 2.45) is 5.92 Å². The minimum absolute atomic E-state index is 0.308. The van der Waals surface area contributed by atoms with Crippen molar-refractivity contribution in [2.45, 2.75) is 46.1 Å². The van der Waals surface area contributed by atoms with Crippen LogP contribution in [0.4, 0.5) is 0 Å². The molecule has 2 nitrogen and oxygen atoms in total. The lowest BCUT2D eigenvalue weighted by Gasteiger charge is -2.35. The van der Waals surface area contributed by atoms with Gasteiger partial charge in [-0.15, -0.1) is 0 Å². The first-order valence-electron chi connectivity index (χ1n) is 5.39. The molecule has 0 aliphatic carbocycles. The number of likely N-dealkylation sites (tertiary alicyclic amines) is 1. The molecule has 2 unspecified atom stereocenters. The SMILES string of the molecule is CCC(C)N1CCCC(C(C)=O)C1. The van der Waals surface area contributed by atoms with E-state index in [1.54, 1.807) is 6.92 Å². The second-order valence-electron chi connectivity index (χ2n) is 4.20. The van der Waals surface area contributed by atoms with Crippen molar-refractivity contribution < 1.29 is 4.79 Å². The number of ketones is 1. The largest absolute Gasteiger partial charge is 0.300 e. The molecule has 0 spiro atoms. The maximum Gasteiger partial charge on any atom is 0.134 e. The van der Waals surface area contributed by atoms with E-state index in [0.29, 0.717) is 17.7 Å². The second kappa shape index (κ2) is 4.75. The van der Waals surface area contributed by atoms with E-state index in [-0.39, 0.29) is 0 Å². The number of piperidine rings is 1. The standard InChI is InChI=1S/C11H21NO/c1-4-9(2)12-7-5-6-11(8-12)10(3)13/h9,11H,4-8H2,1-3H3. The van der Waals surface area contributed by atoms with Crippen LogP contribution in [-0.2, 0) is 4.79 Å². The maximum absolute atomic E-state index is 11.2. The van der Waals surface area contributed by atoms with Gasteiger partial charge in [-0.05, 0) is 39.7 Å². The molecule has 0 aromatic carbocycles. The van der Waals surface area contributed by atoms with Gasteiger partial charge in [-0.2, -0.15) is 0 Å². The van der Waals surface area contributed by atoms with Crippen LogP contribution in [0.25, 0.3) is 0 Å². The molecule has 0 aromatic rings. The number of nitrogens with zero attached hydrogens (tertiary/aromatic N) is 1. The van der Waals surface area contributed by atoms with Gasteiger partial charge in [0.15, 0.2) is 0 Å². The molecule has 0 bridgehead atoms. The maximum atomic E-state index is 11.2. The van der Waals surface area contributed by atoms with Gasteiger partial charge < -0.3 is 0 Å². The molecule has 2 heteroatoms. The third-order valence-corrected chi connectivity index (χ3v) is 3.24. The highest BCUT2D eigenvalue weighted by molar-refractivity contribution is 5.78. The van der Waals surface area contributed by atoms with Gasteiger partial charge in [0.05, 0.1) is 0 Å². The molecular weight excluding hydrogens is 162 g/mol. The topological polar surface area (TPSA) is 20.3 Å². The molecule has 0 radical (unpaired) electrons. The highest BCUT2D eigenvalue weighted by Crippen LogP contribution is 2.19. The Morgan fingerprint density at radius 2 is 2.31 bits per heavy atom. The van der Waals surface area contributed by atoms with Crippen molar-refractivity contribution in [1.29, 1.82) is 0 Å². The van der Waals surface area contributed by atoms with E-state index in [9.17, 15) is 4.79 Å². The van der Waals surface area contributed by atoms with Crippen LogP contribution in [-0.4, -0.2) is 29.8 Å². The molecule has 1 fully saturated rings. The zero-order valence-electron chi connectivity index (χ0n) is 9.05. The average molecular weight is 183 g/mol. The summed E-state index contributed by atoms with van der Waals surface area (Å²) < 4.78 is 0. The molecule has 1 saturated heterocycles. The second-order valence-corrected chi connectivity index (χ2v) is 4.20. The Morgan fingerprint density at radius 1 is 1.62 bits per heavy atom. The predicted octanol–water partition coefficient (Wildman–Crippen LogP) is 2.09. The van der Waals surface area contributed by atoms with Gasteiger partial charge in [0, 0.05) is 18.5 Å². The summed E-state index contributed by atoms with van der Waals surface area (Å²) in [6.07, 6.45) is 3.47. The molecule has 76 valence electrons. The van der Waals surface area contributed by atoms with Crippen LogP contribution in [0, 0.1) is 5.92 Å². The summed E-state index contributed by atoms with van der Waals surface area (Å²) in [6.45, 7) is 8.36. The molecule has 0 saturated carbocycles. The third kappa shape index (κ3) is 2.80. The summed E-state index contributed by atoms with van der Waals surface area (Å²) in [5.41, 5.74) is 0. The van der Waals surface area contributed by atoms with Gasteiger partial charge in [0.2, 0.25) is 0 Å². The molecular formula is C11H21NO. The van der Waals surface area contributed by atoms with E-state index in [1.165, 1.54) is 19.4 Å². The van der Waals surface area contributed by atoms with E-state index >= 15 is 0 Å². The quantitative estimate of drug-likeness (QED) is 0.667. The van der Waals surface area contributed by atoms with Crippen molar-refractivity contribution in [3.8, 4) is 0 Å². The first kappa shape index (κ1) is 10.7. The molecule has 1 aliphatic heterocycles. The predicted molar refractivity (Wildman–Crippen MR) is 54.7 cm³/mol. The molecule has 1 aliphatic rings. The monoisotopic (exact) mass is 183 g/mol. The van der Waals surface area contributed by atoms with Crippen LogP contribution < -0.4 is 0 Å². The van der Waals surface area contributed by atoms with Crippen LogP contribution in [0.2, 0.25) is 0 Å². The van der Waals surface area contributed by atoms with E-state index in [4.69, 9.17) is 0 Å². The lowest BCUT2D eigenvalue weighted by Crippen LogP contribution is -2.42. The van der Waals surface area contributed by atoms with Gasteiger partial charge in [0.25, 0.3) is 0 Å². The lowest BCUT2D eigenvalue weighted by atomic mass is 9.93. The Bertz CT molecular complexity index is 179. The van der Waals surface area contributed by atoms with Crippen molar-refractivity contribution in [3.63, 3.8) is 0 Å². The fourth-order valence-electron chi connectivity index (χ4n) is 2.00. The number of hydrogen-bond donors (Lipinski definition) is 0. The normalized spacial score (nSPS) is 27.2. The molecule has 0 N–H and O–H groups in total. The molecule has 2 atom stereocenters. The van der Waals surface area contributed by atoms with Crippen LogP contribution in [0.1, 0.15) is 40.0 Å². The molecule has 1 rings (SSSR count). The third-order valence-electron chi connectivity index (χ3n) is 3.24. The van der Waals surface area contributed by atoms with Gasteiger partial charge in [-0.1, -0.05) is 6.92 Å². The van der Waals surface area contributed by atoms with Crippen LogP contribution in [0.3, 0.4) is 0 Å². The Morgan fingerprint density at radius 3 is 2.85 bits per heavy atom. The first-order valence-corrected chi connectivity index (χ1v) is 5.39. The smallest absolute Gasteiger partial charge is 0.134 e. The van der Waals surface area contributed by atoms with Crippen molar-refractivity contribution in [2.75, 3.05) is 13.1 Å². The molecule has 0 aromatic heterocycles. The summed E-state index contributed by atoms with van der Waals surface area (Å²) in [7, 11) is 0. The Balaban J connectivity index is 2.46. The number of hydrogen-bond acceptors (Lipinski definition) is 2. The van der Waals surface area contributed by atoms with Crippen molar-refractivity contribution >= 4 is 5.78 Å². The number of carbonyl (C=O) groups is 1. The summed E-state index contributed by atoms with van der Waals surface area (Å²) in [5.74, 6) is 0.677. The molecule has 0 amide bonds. The minimum Gasteiger partial charge on any atom is -0.300 e. The fraction of sp³-hybridized carbons (Fsp3) is 0.909. The molecule has 1 heterocycles. The zero-order valence-corrected chi connectivity index (χ0v) is 9.05. The summed E-state index contributed by atoms with van der Waals surface area (Å²) >= 11 is 0. The van der Waals surface area contributed by atoms with E-state index in [2.05, 4.69) is 18.7 Å². The van der Waals surface area contributed by atoms with Crippen LogP contribution in [0.5, 0.6) is 0 Å². The van der Waals surface area contributed by atoms with Crippen LogP contribution in [0.15, 0.2) is 0 Å². The highest BCUT2D eigenvalue weighted by Gasteiger charge is 2.24. The number of rotatable bonds is 3. The van der Waals surface area contributed by atoms with Crippen molar-refractivity contribution in [1.82, 2.24) is 4.90 Å². The summed E-state index contributed by atoms with van der Waals surface area (Å²) in [5, 5.41) is 0. The summed E-state index contributed by atoms with van der Waals surface area (Å²) in [6, 6.07) is 0.641. The highest BCUT2D eigenvalue weighted by atomic mass is 16.1. The number of Topliss-reactive ketones (excluding diaryl/α,β-unsaturated/α-hetero) is 1. The van der Waals surface area contributed by atoms with Gasteiger partial charge in [0.1, 0.15) is 5.78 Å². The van der Waals surface area contributed by atoms with Crippen LogP contribution >= 0.6 is 0 Å². The average Bonchev–Trinajstić information content (AvgIpc) is 2.17. The zero-order chi connectivity index (χ0) is 9.84. The Kier molecular flexibility index (Phi) is 3.91. The van der Waals surface area contributed by atoms with Gasteiger partial charge in [-0.25, -0.2) is 0 Å². The fourth-order valence-corrected chi connectivity index (χ4v) is 2.00.